The Balaban J connectivity index is 1.32. The third-order valence-electron chi connectivity index (χ3n) is 9.04. The van der Waals surface area contributed by atoms with Gasteiger partial charge in [0.1, 0.15) is 11.7 Å². The largest absolute Gasteiger partial charge is 0.504 e. The van der Waals surface area contributed by atoms with Crippen molar-refractivity contribution in [2.24, 2.45) is 11.8 Å². The summed E-state index contributed by atoms with van der Waals surface area (Å²) in [6.45, 7) is 1.62. The molecule has 8 heteroatoms. The average molecular weight is 479 g/mol. The van der Waals surface area contributed by atoms with Crippen molar-refractivity contribution in [3.05, 3.63) is 53.3 Å². The number of aliphatic hydroxyl groups is 1. The minimum Gasteiger partial charge on any atom is -0.504 e. The van der Waals surface area contributed by atoms with Crippen LogP contribution in [0.4, 0.5) is 10.1 Å². The van der Waals surface area contributed by atoms with Gasteiger partial charge in [0, 0.05) is 23.8 Å². The molecule has 1 saturated heterocycles. The Bertz CT molecular complexity index is 1280. The minimum atomic E-state index is -1.38. The second-order valence-electron chi connectivity index (χ2n) is 10.9. The molecule has 2 heterocycles. The van der Waals surface area contributed by atoms with Crippen LogP contribution in [0.3, 0.4) is 0 Å². The number of hydrogen-bond acceptors (Lipinski definition) is 6. The predicted octanol–water partition coefficient (Wildman–Crippen LogP) is 2.53. The van der Waals surface area contributed by atoms with E-state index < -0.39 is 40.5 Å². The first-order chi connectivity index (χ1) is 16.8. The molecule has 3 N–H and O–H groups in total. The first-order valence-corrected chi connectivity index (χ1v) is 12.4. The number of benzene rings is 2. The van der Waals surface area contributed by atoms with Gasteiger partial charge in [-0.15, -0.1) is 0 Å². The Morgan fingerprint density at radius 1 is 1.26 bits per heavy atom. The van der Waals surface area contributed by atoms with Crippen LogP contribution >= 0.6 is 0 Å². The molecule has 1 amide bonds. The normalized spacial score (nSPS) is 34.8. The van der Waals surface area contributed by atoms with Crippen molar-refractivity contribution >= 4 is 17.4 Å². The number of phenols is 1. The molecule has 2 bridgehead atoms. The molecule has 5 aliphatic rings. The number of halogens is 1. The van der Waals surface area contributed by atoms with Gasteiger partial charge in [-0.05, 0) is 74.4 Å². The van der Waals surface area contributed by atoms with Crippen molar-refractivity contribution < 1.29 is 28.9 Å². The van der Waals surface area contributed by atoms with Gasteiger partial charge in [-0.3, -0.25) is 14.5 Å². The first-order valence-electron chi connectivity index (χ1n) is 12.4. The summed E-state index contributed by atoms with van der Waals surface area (Å²) in [5.41, 5.74) is -0.388. The second-order valence-corrected chi connectivity index (χ2v) is 10.9. The number of carbonyl (C=O) groups excluding carboxylic acids is 2. The number of piperidine rings is 1. The van der Waals surface area contributed by atoms with Crippen LogP contribution in [0.25, 0.3) is 0 Å². The number of hydrogen-bond donors (Lipinski definition) is 3. The van der Waals surface area contributed by atoms with Gasteiger partial charge < -0.3 is 20.3 Å². The second kappa shape index (κ2) is 7.04. The van der Waals surface area contributed by atoms with E-state index in [1.54, 1.807) is 12.1 Å². The number of carbonyl (C=O) groups is 2. The number of ether oxygens (including phenoxy) is 1. The topological polar surface area (TPSA) is 99.1 Å². The molecule has 2 aromatic carbocycles. The molecule has 3 fully saturated rings. The van der Waals surface area contributed by atoms with E-state index in [2.05, 4.69) is 10.2 Å². The number of anilines is 1. The quantitative estimate of drug-likeness (QED) is 0.585. The van der Waals surface area contributed by atoms with Crippen molar-refractivity contribution in [2.45, 2.75) is 55.3 Å². The lowest BCUT2D eigenvalue weighted by atomic mass is 9.47. The predicted molar refractivity (Wildman–Crippen MR) is 124 cm³/mol. The molecule has 2 aliphatic heterocycles. The third kappa shape index (κ3) is 2.78. The molecule has 3 aliphatic carbocycles. The van der Waals surface area contributed by atoms with Crippen molar-refractivity contribution in [3.63, 3.8) is 0 Å². The molecule has 7 rings (SSSR count). The molecule has 1 spiro atoms. The number of phenolic OH excluding ortho intramolecular Hbond substituents is 1. The number of nitrogens with zero attached hydrogens (tertiary/aromatic N) is 1. The highest BCUT2D eigenvalue weighted by atomic mass is 19.1. The van der Waals surface area contributed by atoms with E-state index >= 15 is 0 Å². The van der Waals surface area contributed by atoms with Gasteiger partial charge in [-0.25, -0.2) is 4.39 Å². The lowest BCUT2D eigenvalue weighted by Gasteiger charge is -2.63. The summed E-state index contributed by atoms with van der Waals surface area (Å²) in [6.07, 6.45) is 2.36. The molecule has 2 aromatic rings. The molecule has 7 nitrogen and oxygen atoms in total. The van der Waals surface area contributed by atoms with E-state index in [-0.39, 0.29) is 29.6 Å². The zero-order valence-electron chi connectivity index (χ0n) is 19.2. The third-order valence-corrected chi connectivity index (χ3v) is 9.04. The van der Waals surface area contributed by atoms with Crippen molar-refractivity contribution in [2.75, 3.05) is 18.4 Å². The number of likely N-dealkylation sites (tertiary alicyclic amines) is 1. The van der Waals surface area contributed by atoms with E-state index in [0.717, 1.165) is 24.2 Å². The van der Waals surface area contributed by atoms with Crippen LogP contribution in [0.1, 0.15) is 36.8 Å². The van der Waals surface area contributed by atoms with Gasteiger partial charge in [-0.1, -0.05) is 12.1 Å². The SMILES string of the molecule is O=C(Nc1cccc(F)c1)C1C[C@@]2(O)[C@H]3Cc4ccc(O)c5c4[C@@]2(CCN3CC2CC2)[C@@H](O5)C1=O. The highest BCUT2D eigenvalue weighted by molar-refractivity contribution is 6.10. The van der Waals surface area contributed by atoms with Crippen LogP contribution < -0.4 is 10.1 Å². The molecule has 5 atom stereocenters. The Labute approximate surface area is 201 Å². The molecule has 0 aromatic heterocycles. The van der Waals surface area contributed by atoms with Gasteiger partial charge in [0.2, 0.25) is 5.91 Å². The van der Waals surface area contributed by atoms with Gasteiger partial charge in [0.15, 0.2) is 23.4 Å². The molecule has 2 saturated carbocycles. The summed E-state index contributed by atoms with van der Waals surface area (Å²) in [6, 6.07) is 8.72. The summed E-state index contributed by atoms with van der Waals surface area (Å²) in [4.78, 5) is 29.5. The number of ketones is 1. The highest BCUT2D eigenvalue weighted by Gasteiger charge is 2.75. The van der Waals surface area contributed by atoms with E-state index in [1.165, 1.54) is 31.0 Å². The average Bonchev–Trinajstić information content (AvgIpc) is 3.56. The fourth-order valence-electron chi connectivity index (χ4n) is 7.32. The standard InChI is InChI=1S/C27H27FN2O5/c28-16-2-1-3-17(11-16)29-25(33)18-12-27(34)20-10-15-6-7-19(31)23-21(15)26(27,24(35-23)22(18)32)8-9-30(20)13-14-4-5-14/h1-3,6-7,11,14,18,20,24,31,34H,4-5,8-10,12-13H2,(H,29,33)/t18?,20-,24+,26+,27-/m1/s1. The van der Waals surface area contributed by atoms with E-state index in [0.29, 0.717) is 18.8 Å². The lowest BCUT2D eigenvalue weighted by molar-refractivity contribution is -0.197. The Hall–Kier alpha value is -2.97. The van der Waals surface area contributed by atoms with Gasteiger partial charge in [-0.2, -0.15) is 0 Å². The first kappa shape index (κ1) is 21.3. The van der Waals surface area contributed by atoms with Crippen molar-refractivity contribution in [1.82, 2.24) is 4.90 Å². The van der Waals surface area contributed by atoms with E-state index in [4.69, 9.17) is 4.74 Å². The summed E-state index contributed by atoms with van der Waals surface area (Å²) in [5.74, 6) is -1.79. The lowest BCUT2D eigenvalue weighted by Crippen LogP contribution is -2.78. The van der Waals surface area contributed by atoms with Crippen LogP contribution in [0.5, 0.6) is 11.5 Å². The van der Waals surface area contributed by atoms with Crippen molar-refractivity contribution in [3.8, 4) is 11.5 Å². The monoisotopic (exact) mass is 478 g/mol. The molecule has 0 radical (unpaired) electrons. The van der Waals surface area contributed by atoms with Crippen LogP contribution in [0.15, 0.2) is 36.4 Å². The van der Waals surface area contributed by atoms with Crippen LogP contribution in [0, 0.1) is 17.7 Å². The Morgan fingerprint density at radius 2 is 2.09 bits per heavy atom. The van der Waals surface area contributed by atoms with Crippen LogP contribution in [-0.2, 0) is 21.4 Å². The maximum atomic E-state index is 13.8. The van der Waals surface area contributed by atoms with Gasteiger partial charge >= 0.3 is 0 Å². The number of aromatic hydroxyl groups is 1. The molecule has 182 valence electrons. The number of amides is 1. The summed E-state index contributed by atoms with van der Waals surface area (Å²) < 4.78 is 19.8. The summed E-state index contributed by atoms with van der Waals surface area (Å²) >= 11 is 0. The molecule has 35 heavy (non-hydrogen) atoms. The maximum Gasteiger partial charge on any atom is 0.235 e. The van der Waals surface area contributed by atoms with E-state index in [1.807, 2.05) is 6.07 Å². The Kier molecular flexibility index (Phi) is 4.29. The maximum absolute atomic E-state index is 13.8. The molecular formula is C27H27FN2O5. The highest BCUT2D eigenvalue weighted by Crippen LogP contribution is 2.65. The van der Waals surface area contributed by atoms with Crippen LogP contribution in [0.2, 0.25) is 0 Å². The molecular weight excluding hydrogens is 451 g/mol. The smallest absolute Gasteiger partial charge is 0.235 e. The van der Waals surface area contributed by atoms with Gasteiger partial charge in [0.25, 0.3) is 0 Å². The zero-order valence-corrected chi connectivity index (χ0v) is 19.2. The molecule has 1 unspecified atom stereocenters. The Morgan fingerprint density at radius 3 is 2.86 bits per heavy atom. The van der Waals surface area contributed by atoms with E-state index in [9.17, 15) is 24.2 Å². The zero-order chi connectivity index (χ0) is 24.1. The van der Waals surface area contributed by atoms with Crippen LogP contribution in [-0.4, -0.2) is 57.6 Å². The van der Waals surface area contributed by atoms with Gasteiger partial charge in [0.05, 0.1) is 11.0 Å². The number of nitrogens with one attached hydrogen (secondary N) is 1. The minimum absolute atomic E-state index is 0.0345. The summed E-state index contributed by atoms with van der Waals surface area (Å²) in [7, 11) is 0. The fourth-order valence-corrected chi connectivity index (χ4v) is 7.32. The summed E-state index contributed by atoms with van der Waals surface area (Å²) in [5, 5.41) is 25.8. The van der Waals surface area contributed by atoms with Crippen molar-refractivity contribution in [1.29, 1.82) is 0 Å². The fraction of sp³-hybridized carbons (Fsp3) is 0.481. The number of rotatable bonds is 4. The number of Topliss-reactive ketones (excluding diaryl/α,β-unsaturated/α-hetero) is 1.